The largest absolute Gasteiger partial charge is 0.460 e. The first kappa shape index (κ1) is 70.9. The maximum absolute atomic E-state index is 14.7. The van der Waals surface area contributed by atoms with Crippen molar-refractivity contribution in [2.45, 2.75) is 180 Å². The third kappa shape index (κ3) is 22.7. The van der Waals surface area contributed by atoms with Gasteiger partial charge < -0.3 is 72.7 Å². The van der Waals surface area contributed by atoms with Crippen molar-refractivity contribution < 1.29 is 91.8 Å². The van der Waals surface area contributed by atoms with Gasteiger partial charge in [0, 0.05) is 51.4 Å². The van der Waals surface area contributed by atoms with Gasteiger partial charge in [-0.15, -0.1) is 0 Å². The molecule has 0 aromatic carbocycles. The van der Waals surface area contributed by atoms with Gasteiger partial charge in [0.15, 0.2) is 5.78 Å². The predicted octanol–water partition coefficient (Wildman–Crippen LogP) is 5.63. The monoisotopic (exact) mass is 1160 g/mol. The fourth-order valence-corrected chi connectivity index (χ4v) is 11.5. The van der Waals surface area contributed by atoms with Crippen LogP contribution in [0.3, 0.4) is 0 Å². The van der Waals surface area contributed by atoms with Gasteiger partial charge in [-0.1, -0.05) is 71.1 Å². The van der Waals surface area contributed by atoms with E-state index in [0.717, 1.165) is 12.0 Å². The molecule has 1 amide bonds. The smallest absolute Gasteiger partial charge is 0.329 e. The minimum absolute atomic E-state index is 0.0281. The van der Waals surface area contributed by atoms with Crippen molar-refractivity contribution in [3.05, 3.63) is 47.6 Å². The van der Waals surface area contributed by atoms with Crippen molar-refractivity contribution in [3.8, 4) is 0 Å². The molecule has 0 radical (unpaired) electrons. The lowest BCUT2D eigenvalue weighted by molar-refractivity contribution is -0.266. The second-order valence-corrected chi connectivity index (χ2v) is 23.0. The first-order valence-electron chi connectivity index (χ1n) is 30.0. The molecule has 0 unspecified atom stereocenters. The first-order chi connectivity index (χ1) is 39.3. The molecule has 20 heteroatoms. The van der Waals surface area contributed by atoms with E-state index >= 15 is 0 Å². The van der Waals surface area contributed by atoms with Crippen molar-refractivity contribution in [2.75, 3.05) is 100 Å². The molecule has 2 saturated heterocycles. The summed E-state index contributed by atoms with van der Waals surface area (Å²) in [6.45, 7) is 15.5. The van der Waals surface area contributed by atoms with Crippen molar-refractivity contribution in [1.82, 2.24) is 4.90 Å². The summed E-state index contributed by atoms with van der Waals surface area (Å²) >= 11 is 0. The molecule has 3 heterocycles. The number of rotatable bonds is 23. The number of esters is 1. The fraction of sp³-hybridized carbons (Fsp3) is 0.790. The second kappa shape index (κ2) is 37.7. The number of carbonyl (C=O) groups excluding carboxylic acids is 5. The molecule has 0 aromatic rings. The summed E-state index contributed by atoms with van der Waals surface area (Å²) in [5, 5.41) is 41.8. The highest BCUT2D eigenvalue weighted by Crippen LogP contribution is 2.38. The topological polar surface area (TPSA) is 262 Å². The summed E-state index contributed by atoms with van der Waals surface area (Å²) in [4.78, 5) is 73.3. The number of carbonyl (C=O) groups is 5. The van der Waals surface area contributed by atoms with Crippen LogP contribution >= 0.6 is 0 Å². The van der Waals surface area contributed by atoms with E-state index in [0.29, 0.717) is 96.6 Å². The Morgan fingerprint density at radius 3 is 2.01 bits per heavy atom. The molecule has 4 aliphatic rings. The Bertz CT molecular complexity index is 2060. The van der Waals surface area contributed by atoms with Crippen molar-refractivity contribution in [1.29, 1.82) is 0 Å². The van der Waals surface area contributed by atoms with E-state index < -0.39 is 77.8 Å². The van der Waals surface area contributed by atoms with Gasteiger partial charge in [-0.3, -0.25) is 19.2 Å². The Hall–Kier alpha value is -3.61. The van der Waals surface area contributed by atoms with E-state index in [2.05, 4.69) is 0 Å². The quantitative estimate of drug-likeness (QED) is 0.0418. The number of hydrogen-bond acceptors (Lipinski definition) is 19. The van der Waals surface area contributed by atoms with Crippen molar-refractivity contribution in [2.24, 2.45) is 35.5 Å². The van der Waals surface area contributed by atoms with Gasteiger partial charge in [-0.2, -0.15) is 0 Å². The molecule has 1 saturated carbocycles. The van der Waals surface area contributed by atoms with Crippen molar-refractivity contribution >= 4 is 29.2 Å². The van der Waals surface area contributed by atoms with Crippen LogP contribution in [0.4, 0.5) is 0 Å². The number of ketones is 3. The summed E-state index contributed by atoms with van der Waals surface area (Å²) in [5.74, 6) is -8.38. The van der Waals surface area contributed by atoms with Crippen LogP contribution in [0.5, 0.6) is 0 Å². The predicted molar refractivity (Wildman–Crippen MR) is 305 cm³/mol. The number of piperidine rings is 1. The van der Waals surface area contributed by atoms with Gasteiger partial charge in [-0.25, -0.2) is 4.79 Å². The molecule has 3 fully saturated rings. The zero-order valence-electron chi connectivity index (χ0n) is 50.6. The number of aliphatic hydroxyl groups is 4. The van der Waals surface area contributed by atoms with Crippen LogP contribution in [-0.2, 0) is 71.3 Å². The number of allylic oxidation sites excluding steroid dienone is 6. The number of ether oxygens (including phenoxy) is 10. The van der Waals surface area contributed by atoms with Crippen LogP contribution in [0.25, 0.3) is 0 Å². The Kier molecular flexibility index (Phi) is 32.6. The first-order valence-corrected chi connectivity index (χ1v) is 30.0. The number of hydrogen-bond donors (Lipinski definition) is 4. The lowest BCUT2D eigenvalue weighted by Gasteiger charge is -2.43. The average Bonchev–Trinajstić information content (AvgIpc) is 3.01. The average molecular weight is 1160 g/mol. The SMILES string of the molecule is CO[C@@H]1C[C@H](C[C@@H](C)[C@@H]2CC(=O)[C@H](C)/C=C(\C)[C@@H](O)[C@@H](OC)C(=O)[C@H](C)C[C@H](C)/C=C/C=C/C=C(\C)[C@@H](OCCOCCOCCO)C[C@@H]3CC[C@@H](C)[C@@](O)(O3)C(=O)C(=O)N3CCCC[C@H]3C(=O)O2)CC[C@H]1OCCOCCOCCO. The molecule has 15 atom stereocenters. The Balaban J connectivity index is 1.64. The third-order valence-electron chi connectivity index (χ3n) is 16.5. The van der Waals surface area contributed by atoms with Gasteiger partial charge in [0.05, 0.1) is 104 Å². The Morgan fingerprint density at radius 1 is 0.720 bits per heavy atom. The molecule has 4 rings (SSSR count). The van der Waals surface area contributed by atoms with E-state index in [-0.39, 0.29) is 107 Å². The van der Waals surface area contributed by atoms with E-state index in [9.17, 15) is 34.2 Å². The van der Waals surface area contributed by atoms with Crippen molar-refractivity contribution in [3.63, 3.8) is 0 Å². The lowest BCUT2D eigenvalue weighted by atomic mass is 9.78. The van der Waals surface area contributed by atoms with Crippen LogP contribution in [0, 0.1) is 35.5 Å². The number of methoxy groups -OCH3 is 2. The van der Waals surface area contributed by atoms with Gasteiger partial charge in [0.2, 0.25) is 5.79 Å². The summed E-state index contributed by atoms with van der Waals surface area (Å²) in [6, 6.07) is -1.19. The summed E-state index contributed by atoms with van der Waals surface area (Å²) in [6.07, 6.45) is 11.2. The Morgan fingerprint density at radius 2 is 1.37 bits per heavy atom. The molecule has 4 N–H and O–H groups in total. The molecule has 3 aliphatic heterocycles. The highest BCUT2D eigenvalue weighted by atomic mass is 16.6. The molecule has 2 bridgehead atoms. The van der Waals surface area contributed by atoms with Gasteiger partial charge in [-0.05, 0) is 107 Å². The molecule has 20 nitrogen and oxygen atoms in total. The number of aliphatic hydroxyl groups excluding tert-OH is 3. The zero-order valence-corrected chi connectivity index (χ0v) is 50.6. The van der Waals surface area contributed by atoms with Crippen LogP contribution in [0.2, 0.25) is 0 Å². The number of nitrogens with zero attached hydrogens (tertiary/aromatic N) is 1. The molecule has 468 valence electrons. The molecule has 1 aliphatic carbocycles. The number of fused-ring (bicyclic) bond motifs is 3. The molecular weight excluding hydrogens is 1060 g/mol. The van der Waals surface area contributed by atoms with E-state index in [1.54, 1.807) is 34.0 Å². The highest BCUT2D eigenvalue weighted by Gasteiger charge is 2.53. The number of amides is 1. The maximum Gasteiger partial charge on any atom is 0.329 e. The Labute approximate surface area is 487 Å². The fourth-order valence-electron chi connectivity index (χ4n) is 11.5. The molecule has 82 heavy (non-hydrogen) atoms. The van der Waals surface area contributed by atoms with Gasteiger partial charge >= 0.3 is 5.97 Å². The normalized spacial score (nSPS) is 34.5. The van der Waals surface area contributed by atoms with E-state index in [1.807, 2.05) is 58.1 Å². The summed E-state index contributed by atoms with van der Waals surface area (Å²) in [7, 11) is 3.02. The molecular formula is C62H101NO19. The second-order valence-electron chi connectivity index (χ2n) is 23.0. The van der Waals surface area contributed by atoms with Crippen LogP contribution in [0.15, 0.2) is 47.6 Å². The standard InChI is InChI=1S/C62H101NO19/c1-41-15-11-10-12-16-42(2)53(80-34-32-78-30-28-76-26-24-65)39-49-20-18-47(7)62(72,82-49)59(69)60(70)63-22-14-13-17-50(63)61(71)81-54(40-51(66)43(3)36-46(6)57(68)58(74-9)56(67)45(5)35-41)44(4)37-48-19-21-52(55(38-48)73-8)79-33-31-77-29-27-75-25-23-64/h10-12,15-16,36,41,43-45,47-50,52-55,57-58,64-65,68,72H,13-14,17-35,37-40H2,1-9H3/b12-10+,15-11+,42-16+,46-36+/t41-,43-,44-,45-,47-,48+,49+,50+,52-,53+,54+,55-,57-,58+,62-/m1/s1. The maximum atomic E-state index is 14.7. The minimum Gasteiger partial charge on any atom is -0.460 e. The molecule has 0 spiro atoms. The van der Waals surface area contributed by atoms with Gasteiger partial charge in [0.25, 0.3) is 11.7 Å². The van der Waals surface area contributed by atoms with Crippen LogP contribution in [-0.4, -0.2) is 209 Å². The van der Waals surface area contributed by atoms with Crippen LogP contribution < -0.4 is 0 Å². The minimum atomic E-state index is -2.51. The van der Waals surface area contributed by atoms with Gasteiger partial charge in [0.1, 0.15) is 30.1 Å². The summed E-state index contributed by atoms with van der Waals surface area (Å²) < 4.78 is 58.7. The number of cyclic esters (lactones) is 1. The van der Waals surface area contributed by atoms with E-state index in [1.165, 1.54) is 12.0 Å². The van der Waals surface area contributed by atoms with E-state index in [4.69, 9.17) is 57.6 Å². The molecule has 0 aromatic heterocycles. The zero-order chi connectivity index (χ0) is 60.2. The summed E-state index contributed by atoms with van der Waals surface area (Å²) in [5.41, 5.74) is 1.19. The number of Topliss-reactive ketones (excluding diaryl/α,β-unsaturated/α-hetero) is 3. The third-order valence-corrected chi connectivity index (χ3v) is 16.5. The highest BCUT2D eigenvalue weighted by molar-refractivity contribution is 6.39. The van der Waals surface area contributed by atoms with Crippen LogP contribution in [0.1, 0.15) is 126 Å². The lowest BCUT2D eigenvalue weighted by Crippen LogP contribution is -2.61.